The minimum atomic E-state index is -0.518. The smallest absolute Gasteiger partial charge is 0.293 e. The molecule has 0 fully saturated rings. The molecule has 0 bridgehead atoms. The lowest BCUT2D eigenvalue weighted by molar-refractivity contribution is 0.0997. The van der Waals surface area contributed by atoms with Crippen molar-refractivity contribution in [1.82, 2.24) is 4.98 Å². The first-order valence-electron chi connectivity index (χ1n) is 7.42. The van der Waals surface area contributed by atoms with E-state index in [2.05, 4.69) is 10.3 Å². The molecular formula is C18H9Cl2FN2O2S. The normalized spacial score (nSPS) is 11.0. The highest BCUT2D eigenvalue weighted by molar-refractivity contribution is 7.22. The first-order chi connectivity index (χ1) is 12.5. The number of nitrogens with one attached hydrogen (secondary N) is 1. The molecule has 1 amide bonds. The molecule has 4 aromatic rings. The van der Waals surface area contributed by atoms with Crippen LogP contribution in [0.25, 0.3) is 21.5 Å². The molecule has 0 atom stereocenters. The number of carbonyl (C=O) groups excluding carboxylic acids is 1. The Labute approximate surface area is 161 Å². The Morgan fingerprint density at radius 1 is 1.12 bits per heavy atom. The van der Waals surface area contributed by atoms with Crippen LogP contribution in [0.5, 0.6) is 0 Å². The highest BCUT2D eigenvalue weighted by Gasteiger charge is 2.15. The van der Waals surface area contributed by atoms with Crippen molar-refractivity contribution in [2.75, 3.05) is 5.32 Å². The van der Waals surface area contributed by atoms with Crippen LogP contribution in [0.15, 0.2) is 52.9 Å². The van der Waals surface area contributed by atoms with Gasteiger partial charge in [-0.1, -0.05) is 34.5 Å². The number of aromatic nitrogens is 1. The molecule has 0 saturated heterocycles. The molecule has 4 rings (SSSR count). The van der Waals surface area contributed by atoms with Gasteiger partial charge in [-0.2, -0.15) is 0 Å². The van der Waals surface area contributed by atoms with Gasteiger partial charge in [-0.15, -0.1) is 0 Å². The van der Waals surface area contributed by atoms with Crippen molar-refractivity contribution in [2.24, 2.45) is 0 Å². The number of thiazole rings is 1. The van der Waals surface area contributed by atoms with Crippen LogP contribution >= 0.6 is 34.5 Å². The fraction of sp³-hybridized carbons (Fsp3) is 0. The topological polar surface area (TPSA) is 55.1 Å². The van der Waals surface area contributed by atoms with E-state index in [4.69, 9.17) is 27.6 Å². The molecule has 1 N–H and O–H groups in total. The molecule has 2 aromatic heterocycles. The van der Waals surface area contributed by atoms with Gasteiger partial charge in [0, 0.05) is 10.6 Å². The summed E-state index contributed by atoms with van der Waals surface area (Å²) < 4.78 is 19.7. The number of halogens is 3. The number of carbonyl (C=O) groups is 1. The Balaban J connectivity index is 1.56. The van der Waals surface area contributed by atoms with Gasteiger partial charge in [0.2, 0.25) is 0 Å². The summed E-state index contributed by atoms with van der Waals surface area (Å²) in [6.07, 6.45) is 0. The summed E-state index contributed by atoms with van der Waals surface area (Å²) in [5.41, 5.74) is 1.28. The Morgan fingerprint density at radius 2 is 1.96 bits per heavy atom. The van der Waals surface area contributed by atoms with E-state index in [1.807, 2.05) is 6.07 Å². The van der Waals surface area contributed by atoms with Crippen LogP contribution in [0.1, 0.15) is 10.6 Å². The van der Waals surface area contributed by atoms with Gasteiger partial charge in [0.25, 0.3) is 5.91 Å². The van der Waals surface area contributed by atoms with Gasteiger partial charge < -0.3 is 4.42 Å². The predicted octanol–water partition coefficient (Wildman–Crippen LogP) is 6.25. The van der Waals surface area contributed by atoms with Crippen molar-refractivity contribution in [1.29, 1.82) is 0 Å². The molecule has 8 heteroatoms. The Hall–Kier alpha value is -2.41. The zero-order valence-corrected chi connectivity index (χ0v) is 15.3. The summed E-state index contributed by atoms with van der Waals surface area (Å²) in [5.74, 6) is -0.434. The summed E-state index contributed by atoms with van der Waals surface area (Å²) in [4.78, 5) is 16.7. The number of anilines is 1. The molecule has 4 nitrogen and oxygen atoms in total. The van der Waals surface area contributed by atoms with E-state index in [-0.39, 0.29) is 10.8 Å². The third-order valence-corrected chi connectivity index (χ3v) is 5.08. The molecule has 2 aromatic carbocycles. The van der Waals surface area contributed by atoms with Gasteiger partial charge in [-0.05, 0) is 48.5 Å². The van der Waals surface area contributed by atoms with Crippen LogP contribution in [0, 0.1) is 5.82 Å². The maximum atomic E-state index is 13.3. The summed E-state index contributed by atoms with van der Waals surface area (Å²) in [5, 5.41) is 3.70. The van der Waals surface area contributed by atoms with E-state index in [0.29, 0.717) is 27.0 Å². The fourth-order valence-electron chi connectivity index (χ4n) is 2.38. The van der Waals surface area contributed by atoms with E-state index in [1.165, 1.54) is 35.6 Å². The van der Waals surface area contributed by atoms with E-state index in [0.717, 1.165) is 4.70 Å². The van der Waals surface area contributed by atoms with E-state index in [9.17, 15) is 9.18 Å². The van der Waals surface area contributed by atoms with Crippen LogP contribution in [-0.4, -0.2) is 10.9 Å². The largest absolute Gasteiger partial charge is 0.451 e. The number of hydrogen-bond donors (Lipinski definition) is 1. The average molecular weight is 407 g/mol. The van der Waals surface area contributed by atoms with Crippen molar-refractivity contribution < 1.29 is 13.6 Å². The van der Waals surface area contributed by atoms with Crippen LogP contribution in [0.4, 0.5) is 9.52 Å². The molecule has 0 saturated carbocycles. The molecule has 2 heterocycles. The number of fused-ring (bicyclic) bond motifs is 1. The monoisotopic (exact) mass is 406 g/mol. The maximum Gasteiger partial charge on any atom is 0.293 e. The van der Waals surface area contributed by atoms with E-state index in [1.54, 1.807) is 18.2 Å². The van der Waals surface area contributed by atoms with Crippen molar-refractivity contribution in [2.45, 2.75) is 0 Å². The second-order valence-electron chi connectivity index (χ2n) is 5.38. The zero-order valence-electron chi connectivity index (χ0n) is 12.9. The lowest BCUT2D eigenvalue weighted by atomic mass is 10.2. The number of nitrogens with zero attached hydrogens (tertiary/aromatic N) is 1. The standard InChI is InChI=1S/C18H9Cl2FN2O2S/c19-10-2-6-16-13(8-10)22-18(26-16)23-17(24)15-5-4-14(25-15)9-1-3-12(21)11(20)7-9/h1-8H,(H,22,23,24). The highest BCUT2D eigenvalue weighted by atomic mass is 35.5. The minimum absolute atomic E-state index is 0.0157. The number of hydrogen-bond acceptors (Lipinski definition) is 4. The number of rotatable bonds is 3. The quantitative estimate of drug-likeness (QED) is 0.437. The fourth-order valence-corrected chi connectivity index (χ4v) is 3.57. The van der Waals surface area contributed by atoms with Gasteiger partial charge >= 0.3 is 0 Å². The van der Waals surface area contributed by atoms with E-state index >= 15 is 0 Å². The molecule has 0 aliphatic heterocycles. The minimum Gasteiger partial charge on any atom is -0.451 e. The molecule has 0 aliphatic rings. The highest BCUT2D eigenvalue weighted by Crippen LogP contribution is 2.29. The zero-order chi connectivity index (χ0) is 18.3. The molecule has 130 valence electrons. The Morgan fingerprint density at radius 3 is 2.77 bits per heavy atom. The van der Waals surface area contributed by atoms with Crippen molar-refractivity contribution in [3.05, 3.63) is 70.2 Å². The van der Waals surface area contributed by atoms with Crippen LogP contribution in [0.2, 0.25) is 10.0 Å². The second kappa shape index (κ2) is 6.72. The van der Waals surface area contributed by atoms with Gasteiger partial charge in [0.1, 0.15) is 11.6 Å². The lowest BCUT2D eigenvalue weighted by Crippen LogP contribution is -2.10. The maximum absolute atomic E-state index is 13.3. The molecule has 0 aliphatic carbocycles. The van der Waals surface area contributed by atoms with Crippen molar-refractivity contribution in [3.8, 4) is 11.3 Å². The third kappa shape index (κ3) is 3.31. The van der Waals surface area contributed by atoms with Crippen LogP contribution < -0.4 is 5.32 Å². The lowest BCUT2D eigenvalue weighted by Gasteiger charge is -2.00. The summed E-state index contributed by atoms with van der Waals surface area (Å²) in [6, 6.07) is 12.7. The summed E-state index contributed by atoms with van der Waals surface area (Å²) in [7, 11) is 0. The van der Waals surface area contributed by atoms with Crippen LogP contribution in [0.3, 0.4) is 0 Å². The summed E-state index contributed by atoms with van der Waals surface area (Å²) >= 11 is 13.1. The average Bonchev–Trinajstić information content (AvgIpc) is 3.23. The SMILES string of the molecule is O=C(Nc1nc2cc(Cl)ccc2s1)c1ccc(-c2ccc(F)c(Cl)c2)o1. The predicted molar refractivity (Wildman–Crippen MR) is 102 cm³/mol. The molecule has 0 spiro atoms. The van der Waals surface area contributed by atoms with Gasteiger partial charge in [-0.3, -0.25) is 10.1 Å². The van der Waals surface area contributed by atoms with Crippen molar-refractivity contribution >= 4 is 55.8 Å². The van der Waals surface area contributed by atoms with Crippen LogP contribution in [-0.2, 0) is 0 Å². The van der Waals surface area contributed by atoms with E-state index < -0.39 is 11.7 Å². The second-order valence-corrected chi connectivity index (χ2v) is 7.25. The molecule has 0 unspecified atom stereocenters. The van der Waals surface area contributed by atoms with Gasteiger partial charge in [0.05, 0.1) is 15.2 Å². The third-order valence-electron chi connectivity index (χ3n) is 3.60. The first kappa shape index (κ1) is 17.0. The first-order valence-corrected chi connectivity index (χ1v) is 8.99. The van der Waals surface area contributed by atoms with Crippen molar-refractivity contribution in [3.63, 3.8) is 0 Å². The number of amides is 1. The van der Waals surface area contributed by atoms with Gasteiger partial charge in [0.15, 0.2) is 10.9 Å². The molecule has 0 radical (unpaired) electrons. The molecular weight excluding hydrogens is 398 g/mol. The number of benzene rings is 2. The Bertz CT molecular complexity index is 1140. The summed E-state index contributed by atoms with van der Waals surface area (Å²) in [6.45, 7) is 0. The Kier molecular flexibility index (Phi) is 4.40. The van der Waals surface area contributed by atoms with Gasteiger partial charge in [-0.25, -0.2) is 9.37 Å². The molecule has 26 heavy (non-hydrogen) atoms. The number of furan rings is 1.